The summed E-state index contributed by atoms with van der Waals surface area (Å²) in [4.78, 5) is 41.1. The highest BCUT2D eigenvalue weighted by molar-refractivity contribution is 7.09. The first-order valence-corrected chi connectivity index (χ1v) is 13.0. The van der Waals surface area contributed by atoms with Crippen molar-refractivity contribution in [1.82, 2.24) is 14.9 Å². The average Bonchev–Trinajstić information content (AvgIpc) is 3.51. The average molecular weight is 519 g/mol. The number of aryl methyl sites for hydroxylation is 2. The standard InChI is InChI=1S/C28H30N4O4S/c1-17-16-32(24-15-21(28(36)29-3)9-10-22(17)24)18(2)27(35)31-23-13-19(14-25-30-11-12-37-25)7-8-20(23)5-4-6-26(33)34/h7-13,15-16,18H,4-6,14H2,1-3H3,(H,29,36)(H,31,35)(H,33,34). The van der Waals surface area contributed by atoms with Gasteiger partial charge in [-0.3, -0.25) is 14.4 Å². The number of carbonyl (C=O) groups excluding carboxylic acids is 2. The minimum absolute atomic E-state index is 0.0625. The highest BCUT2D eigenvalue weighted by Gasteiger charge is 2.20. The van der Waals surface area contributed by atoms with Crippen molar-refractivity contribution < 1.29 is 19.5 Å². The summed E-state index contributed by atoms with van der Waals surface area (Å²) >= 11 is 1.57. The molecule has 2 heterocycles. The van der Waals surface area contributed by atoms with Crippen LogP contribution in [0.5, 0.6) is 0 Å². The molecule has 9 heteroatoms. The summed E-state index contributed by atoms with van der Waals surface area (Å²) in [5.41, 5.74) is 4.92. The van der Waals surface area contributed by atoms with Crippen LogP contribution in [0, 0.1) is 6.92 Å². The molecule has 0 fully saturated rings. The second kappa shape index (κ2) is 11.4. The van der Waals surface area contributed by atoms with Gasteiger partial charge in [0.2, 0.25) is 5.91 Å². The Bertz CT molecular complexity index is 1440. The fraction of sp³-hybridized carbons (Fsp3) is 0.286. The van der Waals surface area contributed by atoms with E-state index in [2.05, 4.69) is 15.6 Å². The lowest BCUT2D eigenvalue weighted by atomic mass is 10.0. The lowest BCUT2D eigenvalue weighted by Gasteiger charge is -2.18. The summed E-state index contributed by atoms with van der Waals surface area (Å²) in [5.74, 6) is -1.23. The van der Waals surface area contributed by atoms with Crippen molar-refractivity contribution in [2.24, 2.45) is 0 Å². The highest BCUT2D eigenvalue weighted by Crippen LogP contribution is 2.28. The molecular weight excluding hydrogens is 488 g/mol. The van der Waals surface area contributed by atoms with Crippen LogP contribution < -0.4 is 10.6 Å². The van der Waals surface area contributed by atoms with Crippen LogP contribution in [0.15, 0.2) is 54.2 Å². The summed E-state index contributed by atoms with van der Waals surface area (Å²) in [6, 6.07) is 10.8. The highest BCUT2D eigenvalue weighted by atomic mass is 32.1. The number of fused-ring (bicyclic) bond motifs is 1. The van der Waals surface area contributed by atoms with Gasteiger partial charge in [0.25, 0.3) is 5.91 Å². The molecule has 2 amide bonds. The number of carboxylic acid groups (broad SMARTS) is 1. The van der Waals surface area contributed by atoms with E-state index in [9.17, 15) is 14.4 Å². The molecule has 192 valence electrons. The van der Waals surface area contributed by atoms with Crippen molar-refractivity contribution in [3.63, 3.8) is 0 Å². The fourth-order valence-electron chi connectivity index (χ4n) is 4.41. The normalized spacial score (nSPS) is 11.9. The largest absolute Gasteiger partial charge is 0.481 e. The van der Waals surface area contributed by atoms with Gasteiger partial charge < -0.3 is 20.3 Å². The van der Waals surface area contributed by atoms with Crippen LogP contribution in [0.3, 0.4) is 0 Å². The zero-order valence-electron chi connectivity index (χ0n) is 21.1. The van der Waals surface area contributed by atoms with Gasteiger partial charge in [-0.1, -0.05) is 18.2 Å². The first-order chi connectivity index (χ1) is 17.8. The van der Waals surface area contributed by atoms with Crippen LogP contribution in [0.2, 0.25) is 0 Å². The molecule has 3 N–H and O–H groups in total. The Morgan fingerprint density at radius 3 is 2.68 bits per heavy atom. The first kappa shape index (κ1) is 26.1. The van der Waals surface area contributed by atoms with Gasteiger partial charge in [-0.05, 0) is 61.6 Å². The van der Waals surface area contributed by atoms with Gasteiger partial charge >= 0.3 is 5.97 Å². The zero-order chi connectivity index (χ0) is 26.5. The molecule has 4 aromatic rings. The maximum absolute atomic E-state index is 13.5. The Hall–Kier alpha value is -3.98. The predicted octanol–water partition coefficient (Wildman–Crippen LogP) is 4.96. The number of nitrogens with zero attached hydrogens (tertiary/aromatic N) is 2. The minimum Gasteiger partial charge on any atom is -0.481 e. The second-order valence-corrected chi connectivity index (χ2v) is 10.0. The van der Waals surface area contributed by atoms with Crippen LogP contribution in [0.1, 0.15) is 57.9 Å². The van der Waals surface area contributed by atoms with E-state index in [1.807, 2.05) is 54.3 Å². The number of hydrogen-bond acceptors (Lipinski definition) is 5. The number of amides is 2. The lowest BCUT2D eigenvalue weighted by molar-refractivity contribution is -0.137. The summed E-state index contributed by atoms with van der Waals surface area (Å²) in [5, 5.41) is 18.7. The molecule has 2 aromatic heterocycles. The molecule has 1 unspecified atom stereocenters. The Balaban J connectivity index is 1.62. The third-order valence-electron chi connectivity index (χ3n) is 6.43. The number of nitrogens with one attached hydrogen (secondary N) is 2. The number of benzene rings is 2. The molecule has 0 aliphatic heterocycles. The third-order valence-corrected chi connectivity index (χ3v) is 7.21. The van der Waals surface area contributed by atoms with E-state index in [4.69, 9.17) is 5.11 Å². The van der Waals surface area contributed by atoms with Crippen molar-refractivity contribution in [2.45, 2.75) is 45.6 Å². The van der Waals surface area contributed by atoms with Crippen molar-refractivity contribution in [1.29, 1.82) is 0 Å². The molecule has 8 nitrogen and oxygen atoms in total. The lowest BCUT2D eigenvalue weighted by Crippen LogP contribution is -2.24. The minimum atomic E-state index is -0.842. The molecule has 0 saturated carbocycles. The molecule has 37 heavy (non-hydrogen) atoms. The monoisotopic (exact) mass is 518 g/mol. The van der Waals surface area contributed by atoms with E-state index in [0.717, 1.165) is 32.6 Å². The zero-order valence-corrected chi connectivity index (χ0v) is 21.9. The number of aliphatic carboxylic acids is 1. The molecule has 0 bridgehead atoms. The van der Waals surface area contributed by atoms with Crippen LogP contribution >= 0.6 is 11.3 Å². The van der Waals surface area contributed by atoms with Crippen molar-refractivity contribution >= 4 is 45.7 Å². The molecule has 0 spiro atoms. The second-order valence-electron chi connectivity index (χ2n) is 9.04. The molecule has 0 radical (unpaired) electrons. The molecule has 0 aliphatic rings. The molecule has 2 aromatic carbocycles. The Labute approximate surface area is 219 Å². The van der Waals surface area contributed by atoms with Crippen LogP contribution in [0.25, 0.3) is 10.9 Å². The fourth-order valence-corrected chi connectivity index (χ4v) is 5.06. The summed E-state index contributed by atoms with van der Waals surface area (Å²) in [6.45, 7) is 3.80. The molecular formula is C28H30N4O4S. The van der Waals surface area contributed by atoms with Crippen LogP contribution in [-0.4, -0.2) is 39.5 Å². The number of aromatic nitrogens is 2. The third kappa shape index (κ3) is 6.06. The van der Waals surface area contributed by atoms with Crippen LogP contribution in [0.4, 0.5) is 5.69 Å². The van der Waals surface area contributed by atoms with E-state index in [0.29, 0.717) is 30.5 Å². The van der Waals surface area contributed by atoms with Crippen LogP contribution in [-0.2, 0) is 22.4 Å². The molecule has 0 aliphatic carbocycles. The van der Waals surface area contributed by atoms with Gasteiger partial charge in [0, 0.05) is 59.8 Å². The maximum atomic E-state index is 13.5. The molecule has 1 atom stereocenters. The van der Waals surface area contributed by atoms with Gasteiger partial charge in [-0.2, -0.15) is 0 Å². The van der Waals surface area contributed by atoms with Gasteiger partial charge in [0.1, 0.15) is 6.04 Å². The first-order valence-electron chi connectivity index (χ1n) is 12.1. The van der Waals surface area contributed by atoms with E-state index < -0.39 is 12.0 Å². The van der Waals surface area contributed by atoms with E-state index in [1.54, 1.807) is 36.7 Å². The summed E-state index contributed by atoms with van der Waals surface area (Å²) in [6.07, 6.45) is 5.42. The van der Waals surface area contributed by atoms with Gasteiger partial charge in [0.15, 0.2) is 0 Å². The van der Waals surface area contributed by atoms with Crippen molar-refractivity contribution in [2.75, 3.05) is 12.4 Å². The summed E-state index contributed by atoms with van der Waals surface area (Å²) in [7, 11) is 1.59. The van der Waals surface area contributed by atoms with Crippen molar-refractivity contribution in [3.05, 3.63) is 81.4 Å². The van der Waals surface area contributed by atoms with E-state index in [1.165, 1.54) is 0 Å². The Kier molecular flexibility index (Phi) is 8.03. The Morgan fingerprint density at radius 1 is 1.16 bits per heavy atom. The van der Waals surface area contributed by atoms with E-state index in [-0.39, 0.29) is 18.2 Å². The maximum Gasteiger partial charge on any atom is 0.303 e. The van der Waals surface area contributed by atoms with Crippen molar-refractivity contribution in [3.8, 4) is 0 Å². The topological polar surface area (TPSA) is 113 Å². The number of rotatable bonds is 10. The predicted molar refractivity (Wildman–Crippen MR) is 145 cm³/mol. The smallest absolute Gasteiger partial charge is 0.303 e. The van der Waals surface area contributed by atoms with E-state index >= 15 is 0 Å². The van der Waals surface area contributed by atoms with Gasteiger partial charge in [-0.15, -0.1) is 11.3 Å². The Morgan fingerprint density at radius 2 is 1.97 bits per heavy atom. The van der Waals surface area contributed by atoms with Gasteiger partial charge in [0.05, 0.1) is 5.01 Å². The number of carboxylic acids is 1. The number of carbonyl (C=O) groups is 3. The number of anilines is 1. The number of thiazole rings is 1. The SMILES string of the molecule is CNC(=O)c1ccc2c(C)cn(C(C)C(=O)Nc3cc(Cc4nccs4)ccc3CCCC(=O)O)c2c1. The van der Waals surface area contributed by atoms with Gasteiger partial charge in [-0.25, -0.2) is 4.98 Å². The quantitative estimate of drug-likeness (QED) is 0.275. The summed E-state index contributed by atoms with van der Waals surface area (Å²) < 4.78 is 1.88. The molecule has 4 rings (SSSR count). The number of hydrogen-bond donors (Lipinski definition) is 3. The molecule has 0 saturated heterocycles.